The molecule has 0 bridgehead atoms. The van der Waals surface area contributed by atoms with Gasteiger partial charge in [0.2, 0.25) is 0 Å². The first-order valence-corrected chi connectivity index (χ1v) is 9.84. The molecule has 1 fully saturated rings. The predicted molar refractivity (Wildman–Crippen MR) is 104 cm³/mol. The third-order valence-electron chi connectivity index (χ3n) is 5.80. The van der Waals surface area contributed by atoms with Crippen molar-refractivity contribution in [2.24, 2.45) is 11.8 Å². The SMILES string of the molecule is Cc1ccc(Sc2ccccc2[C@]2(C#N)CC3=CC(=O)[C@@H](C)[C@@H]3C2)cc1. The molecule has 0 heterocycles. The molecule has 26 heavy (non-hydrogen) atoms. The van der Waals surface area contributed by atoms with Crippen molar-refractivity contribution in [3.63, 3.8) is 0 Å². The van der Waals surface area contributed by atoms with E-state index in [1.807, 2.05) is 19.1 Å². The average Bonchev–Trinajstić information content (AvgIpc) is 3.14. The van der Waals surface area contributed by atoms with E-state index in [0.717, 1.165) is 16.9 Å². The van der Waals surface area contributed by atoms with E-state index in [1.54, 1.807) is 17.8 Å². The van der Waals surface area contributed by atoms with Gasteiger partial charge in [-0.1, -0.05) is 60.2 Å². The lowest BCUT2D eigenvalue weighted by atomic mass is 9.78. The van der Waals surface area contributed by atoms with Crippen molar-refractivity contribution in [3.05, 3.63) is 71.3 Å². The molecule has 0 N–H and O–H groups in total. The molecule has 3 atom stereocenters. The van der Waals surface area contributed by atoms with Crippen molar-refractivity contribution in [2.45, 2.75) is 41.9 Å². The van der Waals surface area contributed by atoms with E-state index >= 15 is 0 Å². The molecule has 2 aromatic carbocycles. The van der Waals surface area contributed by atoms with E-state index in [2.05, 4.69) is 49.4 Å². The normalized spacial score (nSPS) is 27.1. The molecule has 0 aromatic heterocycles. The van der Waals surface area contributed by atoms with Crippen molar-refractivity contribution < 1.29 is 4.79 Å². The highest BCUT2D eigenvalue weighted by Crippen LogP contribution is 2.54. The van der Waals surface area contributed by atoms with Crippen molar-refractivity contribution in [2.75, 3.05) is 0 Å². The van der Waals surface area contributed by atoms with Gasteiger partial charge in [-0.25, -0.2) is 0 Å². The molecule has 2 nitrogen and oxygen atoms in total. The van der Waals surface area contributed by atoms with Crippen molar-refractivity contribution in [3.8, 4) is 6.07 Å². The Balaban J connectivity index is 1.71. The lowest BCUT2D eigenvalue weighted by Gasteiger charge is -2.25. The van der Waals surface area contributed by atoms with Crippen LogP contribution in [0.25, 0.3) is 0 Å². The fourth-order valence-electron chi connectivity index (χ4n) is 4.26. The summed E-state index contributed by atoms with van der Waals surface area (Å²) in [5.41, 5.74) is 2.98. The van der Waals surface area contributed by atoms with Crippen LogP contribution < -0.4 is 0 Å². The number of benzene rings is 2. The zero-order valence-corrected chi connectivity index (χ0v) is 15.8. The summed E-state index contributed by atoms with van der Waals surface area (Å²) >= 11 is 1.72. The van der Waals surface area contributed by atoms with Gasteiger partial charge in [-0.2, -0.15) is 5.26 Å². The molecular formula is C23H21NOS. The van der Waals surface area contributed by atoms with Crippen LogP contribution in [-0.4, -0.2) is 5.78 Å². The number of nitriles is 1. The number of fused-ring (bicyclic) bond motifs is 1. The third-order valence-corrected chi connectivity index (χ3v) is 6.88. The van der Waals surface area contributed by atoms with Crippen LogP contribution >= 0.6 is 11.8 Å². The number of aryl methyl sites for hydroxylation is 1. The van der Waals surface area contributed by atoms with E-state index in [-0.39, 0.29) is 17.6 Å². The molecule has 2 aromatic rings. The van der Waals surface area contributed by atoms with Gasteiger partial charge in [0.1, 0.15) is 0 Å². The molecule has 0 radical (unpaired) electrons. The maximum atomic E-state index is 12.0. The van der Waals surface area contributed by atoms with Crippen LogP contribution in [0.15, 0.2) is 70.0 Å². The number of ketones is 1. The number of hydrogen-bond donors (Lipinski definition) is 0. The first-order chi connectivity index (χ1) is 12.5. The van der Waals surface area contributed by atoms with E-state index in [0.29, 0.717) is 6.42 Å². The van der Waals surface area contributed by atoms with Crippen LogP contribution in [0.1, 0.15) is 30.9 Å². The molecule has 1 saturated carbocycles. The maximum absolute atomic E-state index is 12.0. The molecule has 3 heteroatoms. The summed E-state index contributed by atoms with van der Waals surface area (Å²) in [6, 6.07) is 19.4. The predicted octanol–water partition coefficient (Wildman–Crippen LogP) is 5.46. The average molecular weight is 359 g/mol. The van der Waals surface area contributed by atoms with E-state index < -0.39 is 5.41 Å². The fourth-order valence-corrected chi connectivity index (χ4v) is 5.31. The van der Waals surface area contributed by atoms with Gasteiger partial charge < -0.3 is 0 Å². The third kappa shape index (κ3) is 2.79. The highest BCUT2D eigenvalue weighted by atomic mass is 32.2. The number of carbonyl (C=O) groups is 1. The molecule has 130 valence electrons. The van der Waals surface area contributed by atoms with E-state index in [4.69, 9.17) is 0 Å². The minimum atomic E-state index is -0.528. The van der Waals surface area contributed by atoms with Gasteiger partial charge in [0.25, 0.3) is 0 Å². The van der Waals surface area contributed by atoms with Gasteiger partial charge in [0, 0.05) is 15.7 Å². The van der Waals surface area contributed by atoms with Gasteiger partial charge >= 0.3 is 0 Å². The van der Waals surface area contributed by atoms with Crippen molar-refractivity contribution in [1.29, 1.82) is 5.26 Å². The van der Waals surface area contributed by atoms with Crippen LogP contribution in [0, 0.1) is 30.1 Å². The molecule has 0 unspecified atom stereocenters. The lowest BCUT2D eigenvalue weighted by Crippen LogP contribution is -2.23. The summed E-state index contributed by atoms with van der Waals surface area (Å²) in [6.45, 7) is 4.08. The highest BCUT2D eigenvalue weighted by Gasteiger charge is 2.50. The van der Waals surface area contributed by atoms with Crippen LogP contribution in [-0.2, 0) is 10.2 Å². The quantitative estimate of drug-likeness (QED) is 0.730. The molecular weight excluding hydrogens is 338 g/mol. The van der Waals surface area contributed by atoms with Gasteiger partial charge in [0.15, 0.2) is 5.78 Å². The Morgan fingerprint density at radius 2 is 1.88 bits per heavy atom. The van der Waals surface area contributed by atoms with Crippen molar-refractivity contribution >= 4 is 17.5 Å². The van der Waals surface area contributed by atoms with Gasteiger partial charge in [-0.3, -0.25) is 4.79 Å². The number of nitrogens with zero attached hydrogens (tertiary/aromatic N) is 1. The molecule has 4 rings (SSSR count). The summed E-state index contributed by atoms with van der Waals surface area (Å²) in [6.07, 6.45) is 3.22. The lowest BCUT2D eigenvalue weighted by molar-refractivity contribution is -0.117. The summed E-state index contributed by atoms with van der Waals surface area (Å²) in [5, 5.41) is 10.1. The van der Waals surface area contributed by atoms with E-state index in [9.17, 15) is 10.1 Å². The molecule has 0 saturated heterocycles. The smallest absolute Gasteiger partial charge is 0.159 e. The first-order valence-electron chi connectivity index (χ1n) is 9.02. The number of allylic oxidation sites excluding steroid dienone is 2. The molecule has 0 aliphatic heterocycles. The molecule has 0 amide bonds. The molecule has 0 spiro atoms. The fraction of sp³-hybridized carbons (Fsp3) is 0.304. The largest absolute Gasteiger partial charge is 0.295 e. The standard InChI is InChI=1S/C23H21NOS/c1-15-7-9-18(10-8-15)26-22-6-4-3-5-20(22)23(14-24)12-17-11-21(25)16(2)19(17)13-23/h3-11,16,19H,12-13H2,1-2H3/t16-,19-,23+/m0/s1. The zero-order valence-electron chi connectivity index (χ0n) is 15.0. The minimum absolute atomic E-state index is 0.0112. The van der Waals surface area contributed by atoms with Crippen LogP contribution in [0.3, 0.4) is 0 Å². The Hall–Kier alpha value is -2.31. The first kappa shape index (κ1) is 17.1. The Bertz CT molecular complexity index is 937. The maximum Gasteiger partial charge on any atom is 0.159 e. The van der Waals surface area contributed by atoms with Gasteiger partial charge in [0.05, 0.1) is 11.5 Å². The van der Waals surface area contributed by atoms with Crippen LogP contribution in [0.2, 0.25) is 0 Å². The highest BCUT2D eigenvalue weighted by molar-refractivity contribution is 7.99. The Kier molecular flexibility index (Phi) is 4.25. The van der Waals surface area contributed by atoms with E-state index in [1.165, 1.54) is 16.0 Å². The monoisotopic (exact) mass is 359 g/mol. The topological polar surface area (TPSA) is 40.9 Å². The molecule has 2 aliphatic rings. The number of hydrogen-bond acceptors (Lipinski definition) is 3. The second kappa shape index (κ2) is 6.45. The molecule has 2 aliphatic carbocycles. The Morgan fingerprint density at radius 1 is 1.15 bits per heavy atom. The second-order valence-electron chi connectivity index (χ2n) is 7.50. The number of carbonyl (C=O) groups excluding carboxylic acids is 1. The summed E-state index contributed by atoms with van der Waals surface area (Å²) in [4.78, 5) is 14.3. The Labute approximate surface area is 158 Å². The minimum Gasteiger partial charge on any atom is -0.295 e. The zero-order chi connectivity index (χ0) is 18.3. The van der Waals surface area contributed by atoms with Gasteiger partial charge in [-0.05, 0) is 55.5 Å². The van der Waals surface area contributed by atoms with Crippen LogP contribution in [0.4, 0.5) is 0 Å². The number of rotatable bonds is 3. The van der Waals surface area contributed by atoms with Crippen molar-refractivity contribution in [1.82, 2.24) is 0 Å². The van der Waals surface area contributed by atoms with Gasteiger partial charge in [-0.15, -0.1) is 0 Å². The second-order valence-corrected chi connectivity index (χ2v) is 8.62. The Morgan fingerprint density at radius 3 is 2.58 bits per heavy atom. The van der Waals surface area contributed by atoms with Crippen LogP contribution in [0.5, 0.6) is 0 Å². The summed E-state index contributed by atoms with van der Waals surface area (Å²) in [5.74, 6) is 0.454. The summed E-state index contributed by atoms with van der Waals surface area (Å²) in [7, 11) is 0. The summed E-state index contributed by atoms with van der Waals surface area (Å²) < 4.78 is 0.